The van der Waals surface area contributed by atoms with E-state index in [-0.39, 0.29) is 19.0 Å². The molecule has 4 rings (SSSR count). The number of rotatable bonds is 5. The normalized spacial score (nSPS) is 11.7. The zero-order chi connectivity index (χ0) is 20.4. The topological polar surface area (TPSA) is 88.5 Å². The smallest absolute Gasteiger partial charge is 0.350 e. The number of H-pyrrole nitrogens is 1. The van der Waals surface area contributed by atoms with Crippen LogP contribution in [0.4, 0.5) is 13.2 Å². The molecule has 29 heavy (non-hydrogen) atoms. The minimum atomic E-state index is -4.49. The molecule has 2 aromatic carbocycles. The average molecular weight is 400 g/mol. The van der Waals surface area contributed by atoms with Gasteiger partial charge in [-0.05, 0) is 28.8 Å². The van der Waals surface area contributed by atoms with Gasteiger partial charge in [-0.2, -0.15) is 23.4 Å². The summed E-state index contributed by atoms with van der Waals surface area (Å²) in [6.45, 7) is 0.150. The van der Waals surface area contributed by atoms with Crippen LogP contribution in [0.5, 0.6) is 0 Å². The largest absolute Gasteiger partial charge is 0.416 e. The molecular weight excluding hydrogens is 385 g/mol. The van der Waals surface area contributed by atoms with E-state index in [1.165, 1.54) is 23.5 Å². The highest BCUT2D eigenvalue weighted by molar-refractivity contribution is 5.96. The molecule has 10 heteroatoms. The van der Waals surface area contributed by atoms with E-state index in [4.69, 9.17) is 0 Å². The Labute approximate surface area is 162 Å². The molecule has 0 spiro atoms. The van der Waals surface area contributed by atoms with Crippen molar-refractivity contribution in [2.75, 3.05) is 0 Å². The summed E-state index contributed by atoms with van der Waals surface area (Å²) in [5.41, 5.74) is 1.19. The van der Waals surface area contributed by atoms with Crippen LogP contribution in [-0.2, 0) is 24.1 Å². The molecule has 0 atom stereocenters. The van der Waals surface area contributed by atoms with Gasteiger partial charge >= 0.3 is 6.18 Å². The SMILES string of the molecule is O=C(Cn1cncn1)NCc1ccccc1-c1cc(C(F)(F)F)cc2[nH]ncc12. The molecule has 2 N–H and O–H groups in total. The van der Waals surface area contributed by atoms with Gasteiger partial charge in [-0.15, -0.1) is 0 Å². The molecule has 0 aliphatic rings. The molecule has 0 unspecified atom stereocenters. The fraction of sp³-hybridized carbons (Fsp3) is 0.158. The lowest BCUT2D eigenvalue weighted by Gasteiger charge is -2.14. The predicted molar refractivity (Wildman–Crippen MR) is 98.4 cm³/mol. The number of benzene rings is 2. The van der Waals surface area contributed by atoms with Crippen molar-refractivity contribution in [1.82, 2.24) is 30.3 Å². The van der Waals surface area contributed by atoms with Crippen LogP contribution < -0.4 is 5.32 Å². The Hall–Kier alpha value is -3.69. The summed E-state index contributed by atoms with van der Waals surface area (Å²) in [6, 6.07) is 9.13. The van der Waals surface area contributed by atoms with Gasteiger partial charge in [-0.3, -0.25) is 9.89 Å². The van der Waals surface area contributed by atoms with E-state index in [9.17, 15) is 18.0 Å². The van der Waals surface area contributed by atoms with E-state index in [0.29, 0.717) is 27.6 Å². The second-order valence-corrected chi connectivity index (χ2v) is 6.38. The number of nitrogens with one attached hydrogen (secondary N) is 2. The molecule has 1 amide bonds. The third kappa shape index (κ3) is 3.96. The molecule has 7 nitrogen and oxygen atoms in total. The van der Waals surface area contributed by atoms with Crippen LogP contribution in [0.15, 0.2) is 55.2 Å². The number of aromatic nitrogens is 5. The van der Waals surface area contributed by atoms with Crippen molar-refractivity contribution in [3.8, 4) is 11.1 Å². The van der Waals surface area contributed by atoms with Gasteiger partial charge in [0.15, 0.2) is 0 Å². The Morgan fingerprint density at radius 3 is 2.76 bits per heavy atom. The zero-order valence-corrected chi connectivity index (χ0v) is 14.9. The Morgan fingerprint density at radius 2 is 2.00 bits per heavy atom. The number of hydrogen-bond acceptors (Lipinski definition) is 4. The maximum absolute atomic E-state index is 13.3. The van der Waals surface area contributed by atoms with Crippen molar-refractivity contribution in [3.63, 3.8) is 0 Å². The van der Waals surface area contributed by atoms with E-state index in [1.807, 2.05) is 0 Å². The van der Waals surface area contributed by atoms with Crippen LogP contribution in [0.2, 0.25) is 0 Å². The summed E-state index contributed by atoms with van der Waals surface area (Å²) in [5, 5.41) is 13.7. The summed E-state index contributed by atoms with van der Waals surface area (Å²) in [7, 11) is 0. The van der Waals surface area contributed by atoms with Crippen LogP contribution in [0.3, 0.4) is 0 Å². The highest BCUT2D eigenvalue weighted by atomic mass is 19.4. The third-order valence-electron chi connectivity index (χ3n) is 4.44. The lowest BCUT2D eigenvalue weighted by molar-refractivity contribution is -0.137. The van der Waals surface area contributed by atoms with Crippen LogP contribution >= 0.6 is 0 Å². The lowest BCUT2D eigenvalue weighted by atomic mass is 9.95. The van der Waals surface area contributed by atoms with Gasteiger partial charge in [0, 0.05) is 11.9 Å². The van der Waals surface area contributed by atoms with Crippen molar-refractivity contribution < 1.29 is 18.0 Å². The van der Waals surface area contributed by atoms with E-state index in [1.54, 1.807) is 24.3 Å². The first-order valence-corrected chi connectivity index (χ1v) is 8.63. The quantitative estimate of drug-likeness (QED) is 0.539. The summed E-state index contributed by atoms with van der Waals surface area (Å²) in [5.74, 6) is -0.289. The second kappa shape index (κ2) is 7.38. The number of alkyl halides is 3. The Morgan fingerprint density at radius 1 is 1.17 bits per heavy atom. The number of amides is 1. The van der Waals surface area contributed by atoms with Crippen molar-refractivity contribution >= 4 is 16.8 Å². The molecule has 2 heterocycles. The molecule has 0 radical (unpaired) electrons. The number of carbonyl (C=O) groups excluding carboxylic acids is 1. The standard InChI is InChI=1S/C19H15F3N6O/c20-19(21,22)13-5-15(16-8-25-27-17(16)6-13)14-4-2-1-3-12(14)7-24-18(29)9-28-11-23-10-26-28/h1-6,8,10-11H,7,9H2,(H,24,29)(H,25,27). The summed E-state index contributed by atoms with van der Waals surface area (Å²) >= 11 is 0. The fourth-order valence-corrected chi connectivity index (χ4v) is 3.09. The van der Waals surface area contributed by atoms with Gasteiger partial charge in [-0.1, -0.05) is 24.3 Å². The lowest BCUT2D eigenvalue weighted by Crippen LogP contribution is -2.27. The van der Waals surface area contributed by atoms with Gasteiger partial charge in [0.2, 0.25) is 5.91 Å². The molecule has 4 aromatic rings. The second-order valence-electron chi connectivity index (χ2n) is 6.38. The number of carbonyl (C=O) groups is 1. The Balaban J connectivity index is 1.66. The number of aromatic amines is 1. The monoisotopic (exact) mass is 400 g/mol. The van der Waals surface area contributed by atoms with E-state index in [2.05, 4.69) is 25.6 Å². The number of hydrogen-bond donors (Lipinski definition) is 2. The maximum Gasteiger partial charge on any atom is 0.416 e. The first-order chi connectivity index (χ1) is 13.9. The van der Waals surface area contributed by atoms with Crippen molar-refractivity contribution in [2.45, 2.75) is 19.3 Å². The van der Waals surface area contributed by atoms with E-state index in [0.717, 1.165) is 12.1 Å². The number of fused-ring (bicyclic) bond motifs is 1. The Kier molecular flexibility index (Phi) is 4.75. The molecule has 0 aliphatic heterocycles. The Bertz CT molecular complexity index is 1150. The molecule has 148 valence electrons. The predicted octanol–water partition coefficient (Wildman–Crippen LogP) is 3.16. The van der Waals surface area contributed by atoms with Crippen molar-refractivity contribution in [3.05, 3.63) is 66.4 Å². The van der Waals surface area contributed by atoms with Gasteiger partial charge in [0.25, 0.3) is 0 Å². The first kappa shape index (κ1) is 18.7. The van der Waals surface area contributed by atoms with Crippen molar-refractivity contribution in [2.24, 2.45) is 0 Å². The van der Waals surface area contributed by atoms with Crippen LogP contribution in [0.1, 0.15) is 11.1 Å². The molecule has 0 aliphatic carbocycles. The summed E-state index contributed by atoms with van der Waals surface area (Å²) in [4.78, 5) is 15.9. The van der Waals surface area contributed by atoms with Gasteiger partial charge in [-0.25, -0.2) is 9.67 Å². The zero-order valence-electron chi connectivity index (χ0n) is 14.9. The van der Waals surface area contributed by atoms with Gasteiger partial charge in [0.1, 0.15) is 19.2 Å². The first-order valence-electron chi connectivity index (χ1n) is 8.63. The third-order valence-corrected chi connectivity index (χ3v) is 4.44. The van der Waals surface area contributed by atoms with E-state index >= 15 is 0 Å². The number of halogens is 3. The number of nitrogens with zero attached hydrogens (tertiary/aromatic N) is 4. The molecule has 0 fully saturated rings. The van der Waals surface area contributed by atoms with Gasteiger partial charge < -0.3 is 5.32 Å². The van der Waals surface area contributed by atoms with Crippen LogP contribution in [0.25, 0.3) is 22.0 Å². The van der Waals surface area contributed by atoms with E-state index < -0.39 is 11.7 Å². The average Bonchev–Trinajstić information content (AvgIpc) is 3.36. The van der Waals surface area contributed by atoms with Crippen LogP contribution in [-0.4, -0.2) is 30.9 Å². The van der Waals surface area contributed by atoms with Crippen molar-refractivity contribution in [1.29, 1.82) is 0 Å². The highest BCUT2D eigenvalue weighted by Gasteiger charge is 2.32. The highest BCUT2D eigenvalue weighted by Crippen LogP contribution is 2.37. The molecule has 2 aromatic heterocycles. The summed E-state index contributed by atoms with van der Waals surface area (Å²) < 4.78 is 41.4. The fourth-order valence-electron chi connectivity index (χ4n) is 3.09. The molecule has 0 saturated heterocycles. The van der Waals surface area contributed by atoms with Gasteiger partial charge in [0.05, 0.1) is 17.3 Å². The minimum Gasteiger partial charge on any atom is -0.350 e. The molecular formula is C19H15F3N6O. The van der Waals surface area contributed by atoms with Crippen LogP contribution in [0, 0.1) is 0 Å². The summed E-state index contributed by atoms with van der Waals surface area (Å²) in [6.07, 6.45) is -0.252. The molecule has 0 bridgehead atoms. The maximum atomic E-state index is 13.3. The minimum absolute atomic E-state index is 0.00228. The molecule has 0 saturated carbocycles.